The number of hydrogen-bond donors (Lipinski definition) is 2. The normalized spacial score (nSPS) is 11.3. The molecule has 0 saturated heterocycles. The van der Waals surface area contributed by atoms with Crippen LogP contribution in [0.1, 0.15) is 28.4 Å². The fourth-order valence-corrected chi connectivity index (χ4v) is 2.27. The molecule has 2 N–H and O–H groups in total. The number of para-hydroxylation sites is 1. The number of carbonyl (C=O) groups is 3. The Balaban J connectivity index is 1.91. The van der Waals surface area contributed by atoms with Gasteiger partial charge in [-0.15, -0.1) is 0 Å². The molecule has 1 atom stereocenters. The highest BCUT2D eigenvalue weighted by molar-refractivity contribution is 6.03. The molecule has 1 unspecified atom stereocenters. The van der Waals surface area contributed by atoms with Crippen LogP contribution in [0.4, 0.5) is 10.5 Å². The molecule has 0 aromatic heterocycles. The van der Waals surface area contributed by atoms with E-state index in [1.807, 2.05) is 26.0 Å². The predicted molar refractivity (Wildman–Crippen MR) is 94.4 cm³/mol. The van der Waals surface area contributed by atoms with Crippen molar-refractivity contribution in [1.82, 2.24) is 5.32 Å². The number of hydrogen-bond acceptors (Lipinski definition) is 4. The van der Waals surface area contributed by atoms with Crippen LogP contribution in [0, 0.1) is 13.8 Å². The van der Waals surface area contributed by atoms with Crippen LogP contribution in [0.25, 0.3) is 0 Å². The first kappa shape index (κ1) is 18.2. The lowest BCUT2D eigenvalue weighted by Crippen LogP contribution is -2.41. The quantitative estimate of drug-likeness (QED) is 0.837. The molecule has 6 heteroatoms. The summed E-state index contributed by atoms with van der Waals surface area (Å²) in [6, 6.07) is 13.3. The average molecular weight is 340 g/mol. The number of imide groups is 1. The third-order valence-electron chi connectivity index (χ3n) is 3.38. The second-order valence-corrected chi connectivity index (χ2v) is 5.73. The Hall–Kier alpha value is -3.15. The summed E-state index contributed by atoms with van der Waals surface area (Å²) in [6.45, 7) is 5.15. The van der Waals surface area contributed by atoms with Crippen molar-refractivity contribution in [3.05, 3.63) is 65.2 Å². The minimum Gasteiger partial charge on any atom is -0.449 e. The Bertz CT molecular complexity index is 767. The SMILES string of the molecule is Cc1cc(C)cc(C(=O)OC(C)C(=O)NC(=O)Nc2ccccc2)c1. The average Bonchev–Trinajstić information content (AvgIpc) is 2.54. The van der Waals surface area contributed by atoms with Crippen molar-refractivity contribution >= 4 is 23.6 Å². The van der Waals surface area contributed by atoms with Crippen molar-refractivity contribution in [3.63, 3.8) is 0 Å². The maximum atomic E-state index is 12.1. The van der Waals surface area contributed by atoms with Gasteiger partial charge < -0.3 is 10.1 Å². The van der Waals surface area contributed by atoms with Crippen LogP contribution in [-0.2, 0) is 9.53 Å². The molecule has 0 spiro atoms. The summed E-state index contributed by atoms with van der Waals surface area (Å²) in [5.41, 5.74) is 2.76. The van der Waals surface area contributed by atoms with Gasteiger partial charge in [-0.3, -0.25) is 10.1 Å². The lowest BCUT2D eigenvalue weighted by Gasteiger charge is -2.14. The molecule has 3 amide bonds. The highest BCUT2D eigenvalue weighted by atomic mass is 16.5. The van der Waals surface area contributed by atoms with Crippen molar-refractivity contribution in [2.75, 3.05) is 5.32 Å². The van der Waals surface area contributed by atoms with Gasteiger partial charge in [-0.25, -0.2) is 9.59 Å². The summed E-state index contributed by atoms with van der Waals surface area (Å²) in [7, 11) is 0. The van der Waals surface area contributed by atoms with Crippen LogP contribution in [0.5, 0.6) is 0 Å². The lowest BCUT2D eigenvalue weighted by molar-refractivity contribution is -0.127. The maximum Gasteiger partial charge on any atom is 0.338 e. The first-order valence-corrected chi connectivity index (χ1v) is 7.81. The van der Waals surface area contributed by atoms with Gasteiger partial charge in [-0.1, -0.05) is 35.4 Å². The predicted octanol–water partition coefficient (Wildman–Crippen LogP) is 3.20. The van der Waals surface area contributed by atoms with Crippen LogP contribution in [0.2, 0.25) is 0 Å². The zero-order valence-corrected chi connectivity index (χ0v) is 14.3. The van der Waals surface area contributed by atoms with Crippen LogP contribution < -0.4 is 10.6 Å². The van der Waals surface area contributed by atoms with Gasteiger partial charge in [0.2, 0.25) is 0 Å². The van der Waals surface area contributed by atoms with E-state index in [4.69, 9.17) is 4.74 Å². The lowest BCUT2D eigenvalue weighted by atomic mass is 10.1. The Morgan fingerprint density at radius 2 is 1.56 bits per heavy atom. The van der Waals surface area contributed by atoms with Gasteiger partial charge in [0.25, 0.3) is 5.91 Å². The molecular formula is C19H20N2O4. The number of amides is 3. The number of aryl methyl sites for hydroxylation is 2. The summed E-state index contributed by atoms with van der Waals surface area (Å²) in [5.74, 6) is -1.32. The summed E-state index contributed by atoms with van der Waals surface area (Å²) in [4.78, 5) is 35.9. The largest absolute Gasteiger partial charge is 0.449 e. The second kappa shape index (κ2) is 8.10. The Morgan fingerprint density at radius 1 is 0.960 bits per heavy atom. The number of anilines is 1. The van der Waals surface area contributed by atoms with Crippen LogP contribution in [0.15, 0.2) is 48.5 Å². The smallest absolute Gasteiger partial charge is 0.338 e. The molecule has 2 aromatic carbocycles. The van der Waals surface area contributed by atoms with Crippen molar-refractivity contribution in [2.45, 2.75) is 26.9 Å². The van der Waals surface area contributed by atoms with Gasteiger partial charge in [-0.2, -0.15) is 0 Å². The number of ether oxygens (including phenoxy) is 1. The van der Waals surface area contributed by atoms with Gasteiger partial charge in [0, 0.05) is 5.69 Å². The number of esters is 1. The maximum absolute atomic E-state index is 12.1. The highest BCUT2D eigenvalue weighted by Gasteiger charge is 2.21. The van der Waals surface area contributed by atoms with E-state index in [1.54, 1.807) is 36.4 Å². The van der Waals surface area contributed by atoms with E-state index in [2.05, 4.69) is 10.6 Å². The first-order chi connectivity index (χ1) is 11.8. The number of urea groups is 1. The Morgan fingerprint density at radius 3 is 2.16 bits per heavy atom. The molecule has 0 aliphatic heterocycles. The highest BCUT2D eigenvalue weighted by Crippen LogP contribution is 2.11. The number of carbonyl (C=O) groups excluding carboxylic acids is 3. The number of rotatable bonds is 4. The molecule has 0 saturated carbocycles. The fraction of sp³-hybridized carbons (Fsp3) is 0.211. The van der Waals surface area contributed by atoms with Crippen molar-refractivity contribution in [1.29, 1.82) is 0 Å². The van der Waals surface area contributed by atoms with E-state index in [9.17, 15) is 14.4 Å². The summed E-state index contributed by atoms with van der Waals surface area (Å²) >= 11 is 0. The van der Waals surface area contributed by atoms with Crippen LogP contribution in [-0.4, -0.2) is 24.0 Å². The van der Waals surface area contributed by atoms with Gasteiger partial charge in [-0.05, 0) is 45.0 Å². The van der Waals surface area contributed by atoms with Crippen molar-refractivity contribution < 1.29 is 19.1 Å². The van der Waals surface area contributed by atoms with Crippen molar-refractivity contribution in [3.8, 4) is 0 Å². The molecule has 2 rings (SSSR count). The molecule has 0 heterocycles. The summed E-state index contributed by atoms with van der Waals surface area (Å²) < 4.78 is 5.13. The number of nitrogens with one attached hydrogen (secondary N) is 2. The Labute approximate surface area is 146 Å². The van der Waals surface area contributed by atoms with Crippen LogP contribution >= 0.6 is 0 Å². The fourth-order valence-electron chi connectivity index (χ4n) is 2.27. The molecule has 0 radical (unpaired) electrons. The van der Waals surface area contributed by atoms with Gasteiger partial charge in [0.15, 0.2) is 6.10 Å². The molecule has 25 heavy (non-hydrogen) atoms. The third-order valence-corrected chi connectivity index (χ3v) is 3.38. The molecule has 2 aromatic rings. The Kier molecular flexibility index (Phi) is 5.89. The molecule has 0 bridgehead atoms. The summed E-state index contributed by atoms with van der Waals surface area (Å²) in [5, 5.41) is 4.66. The van der Waals surface area contributed by atoms with Gasteiger partial charge in [0.1, 0.15) is 0 Å². The molecule has 0 aliphatic carbocycles. The van der Waals surface area contributed by atoms with E-state index in [1.165, 1.54) is 6.92 Å². The van der Waals surface area contributed by atoms with Crippen LogP contribution in [0.3, 0.4) is 0 Å². The zero-order valence-electron chi connectivity index (χ0n) is 14.3. The van der Waals surface area contributed by atoms with Gasteiger partial charge in [0.05, 0.1) is 5.56 Å². The van der Waals surface area contributed by atoms with Gasteiger partial charge >= 0.3 is 12.0 Å². The minimum absolute atomic E-state index is 0.367. The molecular weight excluding hydrogens is 320 g/mol. The minimum atomic E-state index is -1.10. The topological polar surface area (TPSA) is 84.5 Å². The van der Waals surface area contributed by atoms with E-state index >= 15 is 0 Å². The van der Waals surface area contributed by atoms with Crippen molar-refractivity contribution in [2.24, 2.45) is 0 Å². The molecule has 130 valence electrons. The zero-order chi connectivity index (χ0) is 18.4. The molecule has 0 fully saturated rings. The third kappa shape index (κ3) is 5.46. The molecule has 6 nitrogen and oxygen atoms in total. The second-order valence-electron chi connectivity index (χ2n) is 5.73. The summed E-state index contributed by atoms with van der Waals surface area (Å²) in [6.07, 6.45) is -1.10. The van der Waals surface area contributed by atoms with E-state index in [0.29, 0.717) is 11.3 Å². The standard InChI is InChI=1S/C19H20N2O4/c1-12-9-13(2)11-15(10-12)18(23)25-14(3)17(22)21-19(24)20-16-7-5-4-6-8-16/h4-11,14H,1-3H3,(H2,20,21,22,24). The monoisotopic (exact) mass is 340 g/mol. The molecule has 0 aliphatic rings. The van der Waals surface area contributed by atoms with E-state index < -0.39 is 24.0 Å². The van der Waals surface area contributed by atoms with E-state index in [0.717, 1.165) is 11.1 Å². The van der Waals surface area contributed by atoms with E-state index in [-0.39, 0.29) is 0 Å². The number of benzene rings is 2. The first-order valence-electron chi connectivity index (χ1n) is 7.81.